The quantitative estimate of drug-likeness (QED) is 0.765. The van der Waals surface area contributed by atoms with E-state index in [-0.39, 0.29) is 6.61 Å². The van der Waals surface area contributed by atoms with Crippen molar-refractivity contribution in [3.8, 4) is 0 Å². The van der Waals surface area contributed by atoms with E-state index in [0.717, 1.165) is 7.11 Å². The Hall–Kier alpha value is -0.410. The first-order valence-corrected chi connectivity index (χ1v) is 5.41. The van der Waals surface area contributed by atoms with Crippen molar-refractivity contribution in [2.24, 2.45) is 0 Å². The number of hydrogen-bond acceptors (Lipinski definition) is 5. The molecule has 0 radical (unpaired) electrons. The van der Waals surface area contributed by atoms with Gasteiger partial charge in [-0.2, -0.15) is 13.2 Å². The molecule has 0 aromatic heterocycles. The molecule has 18 heavy (non-hydrogen) atoms. The third-order valence-corrected chi connectivity index (χ3v) is 3.06. The Labute approximate surface area is 102 Å². The summed E-state index contributed by atoms with van der Waals surface area (Å²) < 4.78 is 59.2. The van der Waals surface area contributed by atoms with Crippen molar-refractivity contribution in [1.29, 1.82) is 0 Å². The molecule has 2 aliphatic heterocycles. The van der Waals surface area contributed by atoms with Gasteiger partial charge in [0.1, 0.15) is 12.2 Å². The number of aliphatic hydroxyl groups is 1. The molecule has 0 spiro atoms. The van der Waals surface area contributed by atoms with Crippen LogP contribution in [0.15, 0.2) is 0 Å². The smallest absolute Gasteiger partial charge is 0.375 e. The summed E-state index contributed by atoms with van der Waals surface area (Å²) in [6.45, 7) is 2.82. The second-order valence-corrected chi connectivity index (χ2v) is 4.82. The molecule has 0 aromatic carbocycles. The Morgan fingerprint density at radius 2 is 1.89 bits per heavy atom. The minimum absolute atomic E-state index is 0.134. The first kappa shape index (κ1) is 14.0. The second kappa shape index (κ2) is 4.04. The molecule has 0 unspecified atom stereocenters. The Kier molecular flexibility index (Phi) is 3.14. The summed E-state index contributed by atoms with van der Waals surface area (Å²) >= 11 is 0. The van der Waals surface area contributed by atoms with Crippen molar-refractivity contribution < 1.29 is 37.2 Å². The molecule has 2 saturated heterocycles. The maximum absolute atomic E-state index is 13.1. The lowest BCUT2D eigenvalue weighted by atomic mass is 9.89. The van der Waals surface area contributed by atoms with E-state index in [4.69, 9.17) is 14.2 Å². The molecule has 8 heteroatoms. The van der Waals surface area contributed by atoms with Crippen LogP contribution in [0.4, 0.5) is 13.2 Å². The number of rotatable bonds is 1. The summed E-state index contributed by atoms with van der Waals surface area (Å²) in [5.74, 6) is -1.21. The van der Waals surface area contributed by atoms with Crippen LogP contribution in [0.5, 0.6) is 0 Å². The first-order chi connectivity index (χ1) is 8.12. The van der Waals surface area contributed by atoms with E-state index < -0.39 is 36.1 Å². The van der Waals surface area contributed by atoms with Crippen LogP contribution in [0.3, 0.4) is 0 Å². The van der Waals surface area contributed by atoms with Crippen LogP contribution in [0.25, 0.3) is 0 Å². The first-order valence-electron chi connectivity index (χ1n) is 5.41. The number of halogens is 3. The van der Waals surface area contributed by atoms with Gasteiger partial charge in [-0.25, -0.2) is 0 Å². The molecule has 1 N–H and O–H groups in total. The van der Waals surface area contributed by atoms with Gasteiger partial charge in [-0.3, -0.25) is 0 Å². The molecule has 106 valence electrons. The van der Waals surface area contributed by atoms with Crippen LogP contribution in [0.2, 0.25) is 0 Å². The van der Waals surface area contributed by atoms with Gasteiger partial charge in [0.2, 0.25) is 5.60 Å². The summed E-state index contributed by atoms with van der Waals surface area (Å²) in [4.78, 5) is 0. The highest BCUT2D eigenvalue weighted by molar-refractivity contribution is 5.06. The highest BCUT2D eigenvalue weighted by atomic mass is 19.4. The van der Waals surface area contributed by atoms with Gasteiger partial charge in [0, 0.05) is 7.11 Å². The van der Waals surface area contributed by atoms with Crippen molar-refractivity contribution in [1.82, 2.24) is 0 Å². The average Bonchev–Trinajstić information content (AvgIpc) is 2.53. The number of fused-ring (bicyclic) bond motifs is 1. The number of ether oxygens (including phenoxy) is 4. The van der Waals surface area contributed by atoms with Gasteiger partial charge in [-0.1, -0.05) is 0 Å². The lowest BCUT2D eigenvalue weighted by Gasteiger charge is -2.44. The topological polar surface area (TPSA) is 57.2 Å². The van der Waals surface area contributed by atoms with E-state index in [1.807, 2.05) is 0 Å². The summed E-state index contributed by atoms with van der Waals surface area (Å²) in [5, 5.41) is 9.99. The fourth-order valence-corrected chi connectivity index (χ4v) is 2.32. The molecule has 2 aliphatic rings. The van der Waals surface area contributed by atoms with Crippen molar-refractivity contribution >= 4 is 0 Å². The summed E-state index contributed by atoms with van der Waals surface area (Å²) in [5.41, 5.74) is -3.25. The predicted molar refractivity (Wildman–Crippen MR) is 51.6 cm³/mol. The maximum atomic E-state index is 13.1. The Balaban J connectivity index is 2.38. The Morgan fingerprint density at radius 1 is 1.28 bits per heavy atom. The van der Waals surface area contributed by atoms with Crippen LogP contribution in [0, 0.1) is 0 Å². The Bertz CT molecular complexity index is 332. The zero-order chi connectivity index (χ0) is 13.8. The minimum atomic E-state index is -4.96. The lowest BCUT2D eigenvalue weighted by molar-refractivity contribution is -0.385. The minimum Gasteiger partial charge on any atom is -0.375 e. The highest BCUT2D eigenvalue weighted by Crippen LogP contribution is 2.47. The SMILES string of the molecule is CO[C@@H]1OC[C@H]2OC(C)(C)O[C@H]2[C@]1(O)C(F)(F)F. The molecule has 4 atom stereocenters. The molecular formula is C10H15F3O5. The molecule has 0 bridgehead atoms. The zero-order valence-electron chi connectivity index (χ0n) is 10.2. The second-order valence-electron chi connectivity index (χ2n) is 4.82. The van der Waals surface area contributed by atoms with Crippen LogP contribution < -0.4 is 0 Å². The normalized spacial score (nSPS) is 43.8. The van der Waals surface area contributed by atoms with E-state index in [9.17, 15) is 18.3 Å². The number of alkyl halides is 3. The van der Waals surface area contributed by atoms with E-state index >= 15 is 0 Å². The summed E-state index contributed by atoms with van der Waals surface area (Å²) in [6, 6.07) is 0. The van der Waals surface area contributed by atoms with Gasteiger partial charge >= 0.3 is 6.18 Å². The molecule has 0 amide bonds. The summed E-state index contributed by atoms with van der Waals surface area (Å²) in [6.07, 6.45) is -9.36. The van der Waals surface area contributed by atoms with Crippen molar-refractivity contribution in [2.45, 2.75) is 49.9 Å². The van der Waals surface area contributed by atoms with Gasteiger partial charge in [0.05, 0.1) is 6.61 Å². The predicted octanol–water partition coefficient (Wildman–Crippen LogP) is 0.803. The van der Waals surface area contributed by atoms with Crippen LogP contribution in [-0.2, 0) is 18.9 Å². The van der Waals surface area contributed by atoms with Crippen LogP contribution in [0.1, 0.15) is 13.8 Å². The third-order valence-electron chi connectivity index (χ3n) is 3.06. The summed E-state index contributed by atoms with van der Waals surface area (Å²) in [7, 11) is 1.03. The molecule has 0 saturated carbocycles. The molecule has 5 nitrogen and oxygen atoms in total. The third kappa shape index (κ3) is 1.92. The fourth-order valence-electron chi connectivity index (χ4n) is 2.32. The van der Waals surface area contributed by atoms with E-state index in [0.29, 0.717) is 0 Å². The average molecular weight is 272 g/mol. The maximum Gasteiger partial charge on any atom is 0.425 e. The molecule has 2 rings (SSSR count). The molecule has 0 aromatic rings. The largest absolute Gasteiger partial charge is 0.425 e. The lowest BCUT2D eigenvalue weighted by Crippen LogP contribution is -2.69. The van der Waals surface area contributed by atoms with Gasteiger partial charge in [-0.05, 0) is 13.8 Å². The number of methoxy groups -OCH3 is 1. The van der Waals surface area contributed by atoms with Crippen molar-refractivity contribution in [3.63, 3.8) is 0 Å². The monoisotopic (exact) mass is 272 g/mol. The Morgan fingerprint density at radius 3 is 2.39 bits per heavy atom. The molecule has 2 fully saturated rings. The molecular weight excluding hydrogens is 257 g/mol. The zero-order valence-corrected chi connectivity index (χ0v) is 10.2. The highest BCUT2D eigenvalue weighted by Gasteiger charge is 2.71. The van der Waals surface area contributed by atoms with Gasteiger partial charge in [0.15, 0.2) is 12.1 Å². The molecule has 2 heterocycles. The molecule has 0 aliphatic carbocycles. The van der Waals surface area contributed by atoms with E-state index in [1.165, 1.54) is 13.8 Å². The van der Waals surface area contributed by atoms with Crippen molar-refractivity contribution in [2.75, 3.05) is 13.7 Å². The van der Waals surface area contributed by atoms with Gasteiger partial charge in [0.25, 0.3) is 0 Å². The number of hydrogen-bond donors (Lipinski definition) is 1. The fraction of sp³-hybridized carbons (Fsp3) is 1.00. The van der Waals surface area contributed by atoms with E-state index in [1.54, 1.807) is 0 Å². The standard InChI is InChI=1S/C10H15F3O5/c1-8(2)17-5-4-16-7(15-3)9(14,6(5)18-8)10(11,12)13/h5-7,14H,4H2,1-3H3/t5-,6-,7-,9-/m1/s1. The van der Waals surface area contributed by atoms with Crippen LogP contribution >= 0.6 is 0 Å². The van der Waals surface area contributed by atoms with E-state index in [2.05, 4.69) is 4.74 Å². The van der Waals surface area contributed by atoms with Gasteiger partial charge in [-0.15, -0.1) is 0 Å². The van der Waals surface area contributed by atoms with Crippen LogP contribution in [-0.4, -0.2) is 54.9 Å². The van der Waals surface area contributed by atoms with Crippen molar-refractivity contribution in [3.05, 3.63) is 0 Å². The van der Waals surface area contributed by atoms with Gasteiger partial charge < -0.3 is 24.1 Å².